The summed E-state index contributed by atoms with van der Waals surface area (Å²) in [6.45, 7) is -0.200. The van der Waals surface area contributed by atoms with Crippen molar-refractivity contribution in [2.24, 2.45) is 23.0 Å². The van der Waals surface area contributed by atoms with E-state index in [1.165, 1.54) is 32.1 Å². The molecule has 184 valence electrons. The molecular formula is C26H40N2O5. The number of nitrogens with two attached hydrogens (primary N) is 1. The average Bonchev–Trinajstić information content (AvgIpc) is 2.83. The predicted molar refractivity (Wildman–Crippen MR) is 127 cm³/mol. The molecule has 5 N–H and O–H groups in total. The summed E-state index contributed by atoms with van der Waals surface area (Å²) in [7, 11) is 0. The van der Waals surface area contributed by atoms with Gasteiger partial charge in [0, 0.05) is 19.0 Å². The van der Waals surface area contributed by atoms with Crippen molar-refractivity contribution in [3.05, 3.63) is 35.9 Å². The molecule has 1 fully saturated rings. The van der Waals surface area contributed by atoms with E-state index >= 15 is 0 Å². The number of rotatable bonds is 15. The van der Waals surface area contributed by atoms with Crippen LogP contribution in [0, 0.1) is 17.3 Å². The third-order valence-electron chi connectivity index (χ3n) is 7.18. The molecule has 0 saturated heterocycles. The standard InChI is InChI=1S/C26H40N2O5/c27-23(15-9-17-29)26(25(32)33,18-21-13-5-2-6-14-21)22(19-30)24(31)28-16-8-7-12-20-10-3-1-4-11-20/h2,5-6,13-14,17,20,22-23,30H,1,3-4,7-12,15-16,18-19,27H2,(H,28,31)(H,32,33). The monoisotopic (exact) mass is 460 g/mol. The van der Waals surface area contributed by atoms with Crippen LogP contribution in [0.1, 0.15) is 69.8 Å². The first-order valence-corrected chi connectivity index (χ1v) is 12.3. The van der Waals surface area contributed by atoms with Crippen molar-refractivity contribution in [1.29, 1.82) is 0 Å². The Morgan fingerprint density at radius 2 is 1.85 bits per heavy atom. The summed E-state index contributed by atoms with van der Waals surface area (Å²) in [5, 5.41) is 23.3. The van der Waals surface area contributed by atoms with E-state index in [1.807, 2.05) is 6.07 Å². The molecule has 1 aromatic rings. The van der Waals surface area contributed by atoms with Crippen molar-refractivity contribution in [1.82, 2.24) is 5.32 Å². The number of aliphatic carboxylic acids is 1. The topological polar surface area (TPSA) is 130 Å². The van der Waals surface area contributed by atoms with E-state index in [2.05, 4.69) is 5.32 Å². The number of aliphatic hydroxyl groups excluding tert-OH is 1. The molecule has 0 aromatic heterocycles. The number of amides is 1. The number of carboxylic acid groups (broad SMARTS) is 1. The van der Waals surface area contributed by atoms with Gasteiger partial charge in [-0.2, -0.15) is 0 Å². The Labute approximate surface area is 197 Å². The molecule has 1 aliphatic rings. The molecule has 1 amide bonds. The zero-order valence-corrected chi connectivity index (χ0v) is 19.6. The van der Waals surface area contributed by atoms with Crippen LogP contribution < -0.4 is 11.1 Å². The number of carbonyl (C=O) groups is 3. The van der Waals surface area contributed by atoms with Crippen LogP contribution in [0.15, 0.2) is 30.3 Å². The van der Waals surface area contributed by atoms with Crippen molar-refractivity contribution < 1.29 is 24.6 Å². The average molecular weight is 461 g/mol. The lowest BCUT2D eigenvalue weighted by Gasteiger charge is -2.40. The smallest absolute Gasteiger partial charge is 0.312 e. The van der Waals surface area contributed by atoms with Gasteiger partial charge in [0.2, 0.25) is 5.91 Å². The lowest BCUT2D eigenvalue weighted by atomic mass is 9.65. The second kappa shape index (κ2) is 14.1. The van der Waals surface area contributed by atoms with E-state index in [9.17, 15) is 24.6 Å². The molecule has 3 unspecified atom stereocenters. The summed E-state index contributed by atoms with van der Waals surface area (Å²) in [5.41, 5.74) is 5.31. The van der Waals surface area contributed by atoms with Gasteiger partial charge in [-0.15, -0.1) is 0 Å². The first kappa shape index (κ1) is 27.0. The third-order valence-corrected chi connectivity index (χ3v) is 7.18. The molecule has 7 nitrogen and oxygen atoms in total. The third kappa shape index (κ3) is 7.64. The molecule has 0 spiro atoms. The molecule has 0 aliphatic heterocycles. The summed E-state index contributed by atoms with van der Waals surface area (Å²) in [6.07, 6.45) is 10.4. The fourth-order valence-corrected chi connectivity index (χ4v) is 5.18. The summed E-state index contributed by atoms with van der Waals surface area (Å²) in [4.78, 5) is 36.6. The first-order chi connectivity index (χ1) is 16.0. The van der Waals surface area contributed by atoms with Gasteiger partial charge in [-0.3, -0.25) is 9.59 Å². The fourth-order valence-electron chi connectivity index (χ4n) is 5.18. The van der Waals surface area contributed by atoms with Gasteiger partial charge < -0.3 is 26.1 Å². The number of hydrogen-bond acceptors (Lipinski definition) is 5. The Bertz CT molecular complexity index is 735. The number of aliphatic hydroxyl groups is 1. The maximum atomic E-state index is 13.1. The lowest BCUT2D eigenvalue weighted by Crippen LogP contribution is -2.59. The van der Waals surface area contributed by atoms with E-state index in [4.69, 9.17) is 5.73 Å². The van der Waals surface area contributed by atoms with Crippen LogP contribution in [-0.2, 0) is 20.8 Å². The highest BCUT2D eigenvalue weighted by Gasteiger charge is 2.53. The number of hydrogen-bond donors (Lipinski definition) is 4. The molecule has 0 radical (unpaired) electrons. The quantitative estimate of drug-likeness (QED) is 0.235. The molecule has 1 aliphatic carbocycles. The van der Waals surface area contributed by atoms with Crippen LogP contribution in [0.2, 0.25) is 0 Å². The van der Waals surface area contributed by atoms with Gasteiger partial charge in [0.25, 0.3) is 0 Å². The van der Waals surface area contributed by atoms with E-state index in [-0.39, 0.29) is 19.3 Å². The second-order valence-corrected chi connectivity index (χ2v) is 9.38. The highest BCUT2D eigenvalue weighted by atomic mass is 16.4. The molecular weight excluding hydrogens is 420 g/mol. The zero-order valence-electron chi connectivity index (χ0n) is 19.6. The number of benzene rings is 1. The van der Waals surface area contributed by atoms with Gasteiger partial charge in [0.1, 0.15) is 11.7 Å². The number of carbonyl (C=O) groups excluding carboxylic acids is 2. The van der Waals surface area contributed by atoms with Gasteiger partial charge in [0.15, 0.2) is 0 Å². The Balaban J connectivity index is 2.09. The maximum absolute atomic E-state index is 13.1. The first-order valence-electron chi connectivity index (χ1n) is 12.3. The summed E-state index contributed by atoms with van der Waals surface area (Å²) in [6, 6.07) is 7.98. The van der Waals surface area contributed by atoms with Crippen molar-refractivity contribution in [2.45, 2.75) is 76.7 Å². The van der Waals surface area contributed by atoms with E-state index < -0.39 is 35.9 Å². The minimum atomic E-state index is -1.73. The fraction of sp³-hybridized carbons (Fsp3) is 0.654. The molecule has 0 heterocycles. The lowest BCUT2D eigenvalue weighted by molar-refractivity contribution is -0.161. The number of nitrogens with one attached hydrogen (secondary N) is 1. The Hall–Kier alpha value is -2.25. The minimum absolute atomic E-state index is 0.0104. The van der Waals surface area contributed by atoms with Crippen molar-refractivity contribution in [3.63, 3.8) is 0 Å². The van der Waals surface area contributed by atoms with Gasteiger partial charge in [0.05, 0.1) is 12.5 Å². The molecule has 2 rings (SSSR count). The second-order valence-electron chi connectivity index (χ2n) is 9.38. The SMILES string of the molecule is NC(CCC=O)C(Cc1ccccc1)(C(=O)O)C(CO)C(=O)NCCCCC1CCCCC1. The predicted octanol–water partition coefficient (Wildman–Crippen LogP) is 3.08. The summed E-state index contributed by atoms with van der Waals surface area (Å²) >= 11 is 0. The molecule has 1 saturated carbocycles. The minimum Gasteiger partial charge on any atom is -0.481 e. The van der Waals surface area contributed by atoms with E-state index in [0.29, 0.717) is 18.4 Å². The van der Waals surface area contributed by atoms with Crippen molar-refractivity contribution in [3.8, 4) is 0 Å². The maximum Gasteiger partial charge on any atom is 0.312 e. The van der Waals surface area contributed by atoms with Crippen LogP contribution in [0.3, 0.4) is 0 Å². The van der Waals surface area contributed by atoms with Crippen LogP contribution >= 0.6 is 0 Å². The highest BCUT2D eigenvalue weighted by molar-refractivity contribution is 5.88. The highest BCUT2D eigenvalue weighted by Crippen LogP contribution is 2.38. The molecule has 33 heavy (non-hydrogen) atoms. The van der Waals surface area contributed by atoms with Gasteiger partial charge >= 0.3 is 5.97 Å². The zero-order chi connectivity index (χ0) is 24.1. The van der Waals surface area contributed by atoms with Crippen molar-refractivity contribution in [2.75, 3.05) is 13.2 Å². The van der Waals surface area contributed by atoms with Crippen LogP contribution in [0.4, 0.5) is 0 Å². The van der Waals surface area contributed by atoms with Crippen LogP contribution in [0.25, 0.3) is 0 Å². The molecule has 3 atom stereocenters. The van der Waals surface area contributed by atoms with Crippen LogP contribution in [0.5, 0.6) is 0 Å². The van der Waals surface area contributed by atoms with Gasteiger partial charge in [-0.1, -0.05) is 75.3 Å². The molecule has 0 bridgehead atoms. The Kier molecular flexibility index (Phi) is 11.5. The summed E-state index contributed by atoms with van der Waals surface area (Å²) in [5.74, 6) is -2.19. The van der Waals surface area contributed by atoms with Crippen molar-refractivity contribution >= 4 is 18.2 Å². The largest absolute Gasteiger partial charge is 0.481 e. The number of aldehydes is 1. The van der Waals surface area contributed by atoms with Gasteiger partial charge in [-0.25, -0.2) is 0 Å². The number of carboxylic acids is 1. The molecule has 7 heteroatoms. The van der Waals surface area contributed by atoms with Gasteiger partial charge in [-0.05, 0) is 30.7 Å². The van der Waals surface area contributed by atoms with Crippen LogP contribution in [-0.4, -0.2) is 47.6 Å². The summed E-state index contributed by atoms with van der Waals surface area (Å²) < 4.78 is 0. The Morgan fingerprint density at radius 1 is 1.15 bits per heavy atom. The normalized spacial score (nSPS) is 18.1. The van der Waals surface area contributed by atoms with E-state index in [1.54, 1.807) is 24.3 Å². The number of unbranched alkanes of at least 4 members (excludes halogenated alkanes) is 1. The molecule has 1 aromatic carbocycles. The Morgan fingerprint density at radius 3 is 2.45 bits per heavy atom. The van der Waals surface area contributed by atoms with E-state index in [0.717, 1.165) is 25.2 Å².